The minimum atomic E-state index is -3.59. The monoisotopic (exact) mass is 284 g/mol. The van der Waals surface area contributed by atoms with Crippen LogP contribution >= 0.6 is 0 Å². The summed E-state index contributed by atoms with van der Waals surface area (Å²) in [6.07, 6.45) is 6.84. The number of halogens is 1. The van der Waals surface area contributed by atoms with Gasteiger partial charge in [0.05, 0.1) is 6.20 Å². The van der Waals surface area contributed by atoms with E-state index < -0.39 is 15.8 Å². The van der Waals surface area contributed by atoms with E-state index in [1.54, 1.807) is 0 Å². The molecule has 2 atom stereocenters. The summed E-state index contributed by atoms with van der Waals surface area (Å²) >= 11 is 0. The van der Waals surface area contributed by atoms with E-state index in [0.717, 1.165) is 25.1 Å². The zero-order chi connectivity index (χ0) is 13.5. The van der Waals surface area contributed by atoms with Crippen LogP contribution in [0.5, 0.6) is 0 Å². The maximum Gasteiger partial charge on any atom is 0.244 e. The highest BCUT2D eigenvalue weighted by atomic mass is 32.2. The van der Waals surface area contributed by atoms with Crippen LogP contribution in [0, 0.1) is 17.7 Å². The first-order chi connectivity index (χ1) is 9.07. The normalized spacial score (nSPS) is 28.3. The molecule has 1 saturated carbocycles. The Morgan fingerprint density at radius 3 is 2.37 bits per heavy atom. The molecule has 6 heteroatoms. The average molecular weight is 284 g/mol. The van der Waals surface area contributed by atoms with Crippen LogP contribution < -0.4 is 0 Å². The van der Waals surface area contributed by atoms with Gasteiger partial charge in [-0.3, -0.25) is 4.98 Å². The van der Waals surface area contributed by atoms with Gasteiger partial charge in [0.25, 0.3) is 0 Å². The van der Waals surface area contributed by atoms with Gasteiger partial charge in [0, 0.05) is 19.3 Å². The molecule has 0 aromatic carbocycles. The summed E-state index contributed by atoms with van der Waals surface area (Å²) < 4.78 is 39.5. The lowest BCUT2D eigenvalue weighted by Crippen LogP contribution is -2.29. The third kappa shape index (κ3) is 2.39. The molecular weight excluding hydrogens is 267 g/mol. The number of nitrogens with zero attached hydrogens (tertiary/aromatic N) is 2. The Kier molecular flexibility index (Phi) is 3.30. The predicted octanol–water partition coefficient (Wildman–Crippen LogP) is 2.03. The van der Waals surface area contributed by atoms with E-state index in [-0.39, 0.29) is 4.90 Å². The molecule has 0 N–H and O–H groups in total. The molecule has 4 nitrogen and oxygen atoms in total. The molecule has 0 unspecified atom stereocenters. The average Bonchev–Trinajstić information content (AvgIpc) is 2.83. The minimum absolute atomic E-state index is 0.0360. The van der Waals surface area contributed by atoms with Crippen molar-refractivity contribution in [3.8, 4) is 0 Å². The summed E-state index contributed by atoms with van der Waals surface area (Å²) in [6, 6.07) is 1.05. The number of fused-ring (bicyclic) bond motifs is 1. The van der Waals surface area contributed by atoms with Crippen molar-refractivity contribution in [3.05, 3.63) is 24.3 Å². The van der Waals surface area contributed by atoms with Crippen LogP contribution in [0.2, 0.25) is 0 Å². The minimum Gasteiger partial charge on any atom is -0.260 e. The molecule has 104 valence electrons. The number of aromatic nitrogens is 1. The van der Waals surface area contributed by atoms with Crippen LogP contribution in [-0.4, -0.2) is 30.8 Å². The number of sulfonamides is 1. The number of hydrogen-bond acceptors (Lipinski definition) is 3. The van der Waals surface area contributed by atoms with Gasteiger partial charge < -0.3 is 0 Å². The Hall–Kier alpha value is -1.01. The molecule has 1 aliphatic carbocycles. The van der Waals surface area contributed by atoms with Crippen LogP contribution in [0.1, 0.15) is 25.7 Å². The highest BCUT2D eigenvalue weighted by Crippen LogP contribution is 2.38. The van der Waals surface area contributed by atoms with Crippen molar-refractivity contribution < 1.29 is 12.8 Å². The van der Waals surface area contributed by atoms with Gasteiger partial charge in [0.1, 0.15) is 10.7 Å². The first kappa shape index (κ1) is 13.0. The van der Waals surface area contributed by atoms with Crippen molar-refractivity contribution in [2.75, 3.05) is 13.1 Å². The van der Waals surface area contributed by atoms with Gasteiger partial charge in [-0.1, -0.05) is 12.8 Å². The molecule has 1 aromatic heterocycles. The molecule has 0 spiro atoms. The van der Waals surface area contributed by atoms with Crippen molar-refractivity contribution in [2.45, 2.75) is 30.6 Å². The zero-order valence-corrected chi connectivity index (χ0v) is 11.4. The SMILES string of the molecule is O=S(=O)(c1cncc(F)c1)N1C[C@H]2CCCC[C@H]2C1. The van der Waals surface area contributed by atoms with Crippen molar-refractivity contribution >= 4 is 10.0 Å². The lowest BCUT2D eigenvalue weighted by Gasteiger charge is -2.22. The Balaban J connectivity index is 1.85. The Morgan fingerprint density at radius 2 is 1.79 bits per heavy atom. The van der Waals surface area contributed by atoms with Gasteiger partial charge in [-0.25, -0.2) is 12.8 Å². The summed E-state index contributed by atoms with van der Waals surface area (Å²) in [5.41, 5.74) is 0. The Morgan fingerprint density at radius 1 is 1.16 bits per heavy atom. The van der Waals surface area contributed by atoms with Gasteiger partial charge in [-0.2, -0.15) is 4.31 Å². The quantitative estimate of drug-likeness (QED) is 0.835. The highest BCUT2D eigenvalue weighted by Gasteiger charge is 2.40. The van der Waals surface area contributed by atoms with Gasteiger partial charge in [-0.05, 0) is 30.7 Å². The summed E-state index contributed by atoms with van der Waals surface area (Å²) in [4.78, 5) is 3.60. The van der Waals surface area contributed by atoms with E-state index in [2.05, 4.69) is 4.98 Å². The second-order valence-corrected chi connectivity index (χ2v) is 7.40. The van der Waals surface area contributed by atoms with E-state index in [4.69, 9.17) is 0 Å². The van der Waals surface area contributed by atoms with Crippen molar-refractivity contribution in [1.29, 1.82) is 0 Å². The van der Waals surface area contributed by atoms with Gasteiger partial charge >= 0.3 is 0 Å². The fourth-order valence-electron chi connectivity index (χ4n) is 3.24. The standard InChI is InChI=1S/C13H17FN2O2S/c14-12-5-13(7-15-6-12)19(17,18)16-8-10-3-1-2-4-11(10)9-16/h5-7,10-11H,1-4,8-9H2/t10-,11+. The predicted molar refractivity (Wildman–Crippen MR) is 68.4 cm³/mol. The maximum atomic E-state index is 13.1. The highest BCUT2D eigenvalue weighted by molar-refractivity contribution is 7.89. The summed E-state index contributed by atoms with van der Waals surface area (Å²) in [5, 5.41) is 0. The lowest BCUT2D eigenvalue weighted by atomic mass is 9.82. The third-order valence-corrected chi connectivity index (χ3v) is 6.06. The van der Waals surface area contributed by atoms with Crippen LogP contribution in [0.25, 0.3) is 0 Å². The van der Waals surface area contributed by atoms with Crippen LogP contribution in [0.3, 0.4) is 0 Å². The first-order valence-electron chi connectivity index (χ1n) is 6.68. The van der Waals surface area contributed by atoms with Crippen LogP contribution in [-0.2, 0) is 10.0 Å². The van der Waals surface area contributed by atoms with E-state index in [9.17, 15) is 12.8 Å². The Labute approximate surface area is 112 Å². The fourth-order valence-corrected chi connectivity index (χ4v) is 4.77. The van der Waals surface area contributed by atoms with E-state index in [0.29, 0.717) is 24.9 Å². The molecule has 0 radical (unpaired) electrons. The van der Waals surface area contributed by atoms with E-state index in [1.807, 2.05) is 0 Å². The molecule has 1 aromatic rings. The number of rotatable bonds is 2. The van der Waals surface area contributed by atoms with E-state index >= 15 is 0 Å². The molecular formula is C13H17FN2O2S. The van der Waals surface area contributed by atoms with Crippen molar-refractivity contribution in [3.63, 3.8) is 0 Å². The number of hydrogen-bond donors (Lipinski definition) is 0. The molecule has 1 saturated heterocycles. The third-order valence-electron chi connectivity index (χ3n) is 4.26. The maximum absolute atomic E-state index is 13.1. The summed E-state index contributed by atoms with van der Waals surface area (Å²) in [6.45, 7) is 1.15. The van der Waals surface area contributed by atoms with Crippen LogP contribution in [0.4, 0.5) is 4.39 Å². The molecule has 3 rings (SSSR count). The van der Waals surface area contributed by atoms with Crippen LogP contribution in [0.15, 0.2) is 23.4 Å². The van der Waals surface area contributed by atoms with Crippen molar-refractivity contribution in [1.82, 2.24) is 9.29 Å². The van der Waals surface area contributed by atoms with Gasteiger partial charge in [0.15, 0.2) is 0 Å². The fraction of sp³-hybridized carbons (Fsp3) is 0.615. The van der Waals surface area contributed by atoms with Crippen molar-refractivity contribution in [2.24, 2.45) is 11.8 Å². The topological polar surface area (TPSA) is 50.3 Å². The Bertz CT molecular complexity index is 562. The van der Waals surface area contributed by atoms with Gasteiger partial charge in [0.2, 0.25) is 10.0 Å². The molecule has 0 amide bonds. The first-order valence-corrected chi connectivity index (χ1v) is 8.12. The second-order valence-electron chi connectivity index (χ2n) is 5.47. The second kappa shape index (κ2) is 4.83. The van der Waals surface area contributed by atoms with E-state index in [1.165, 1.54) is 23.3 Å². The zero-order valence-electron chi connectivity index (χ0n) is 10.6. The summed E-state index contributed by atoms with van der Waals surface area (Å²) in [7, 11) is -3.59. The molecule has 19 heavy (non-hydrogen) atoms. The molecule has 2 aliphatic rings. The largest absolute Gasteiger partial charge is 0.260 e. The summed E-state index contributed by atoms with van der Waals surface area (Å²) in [5.74, 6) is 0.341. The lowest BCUT2D eigenvalue weighted by molar-refractivity contribution is 0.299. The smallest absolute Gasteiger partial charge is 0.244 e. The molecule has 1 aliphatic heterocycles. The number of pyridine rings is 1. The van der Waals surface area contributed by atoms with Gasteiger partial charge in [-0.15, -0.1) is 0 Å². The molecule has 0 bridgehead atoms. The molecule has 2 heterocycles. The molecule has 2 fully saturated rings.